The molecule has 0 aliphatic rings. The highest BCUT2D eigenvalue weighted by molar-refractivity contribution is 5.98. The maximum absolute atomic E-state index is 13.7. The third kappa shape index (κ3) is 7.30. The van der Waals surface area contributed by atoms with Gasteiger partial charge in [0.2, 0.25) is 5.95 Å². The Hall–Kier alpha value is -4.39. The maximum Gasteiger partial charge on any atom is 0.326 e. The molecule has 0 bridgehead atoms. The van der Waals surface area contributed by atoms with Gasteiger partial charge in [-0.05, 0) is 24.1 Å². The smallest absolute Gasteiger partial charge is 0.326 e. The maximum atomic E-state index is 13.7. The van der Waals surface area contributed by atoms with Crippen molar-refractivity contribution in [2.75, 3.05) is 23.7 Å². The van der Waals surface area contributed by atoms with E-state index in [-0.39, 0.29) is 11.5 Å². The SMILES string of the molecule is NC(=O)NCCCNCc1ccc(-c2c[nH]c(NC(=O)Nc3cc(F)c(F)cc3F)nc2=O)cc1. The van der Waals surface area contributed by atoms with Crippen LogP contribution in [0, 0.1) is 17.5 Å². The van der Waals surface area contributed by atoms with Crippen LogP contribution in [0.2, 0.25) is 0 Å². The van der Waals surface area contributed by atoms with Crippen molar-refractivity contribution in [3.05, 3.63) is 76.0 Å². The van der Waals surface area contributed by atoms with E-state index in [1.807, 2.05) is 17.4 Å². The molecule has 35 heavy (non-hydrogen) atoms. The fourth-order valence-electron chi connectivity index (χ4n) is 3.01. The van der Waals surface area contributed by atoms with Crippen LogP contribution < -0.4 is 32.6 Å². The van der Waals surface area contributed by atoms with E-state index in [4.69, 9.17) is 5.73 Å². The fourth-order valence-corrected chi connectivity index (χ4v) is 3.01. The molecule has 1 aromatic heterocycles. The lowest BCUT2D eigenvalue weighted by molar-refractivity contribution is 0.248. The Bertz CT molecular complexity index is 1270. The summed E-state index contributed by atoms with van der Waals surface area (Å²) in [6, 6.07) is 6.35. The summed E-state index contributed by atoms with van der Waals surface area (Å²) in [4.78, 5) is 41.4. The van der Waals surface area contributed by atoms with E-state index >= 15 is 0 Å². The number of carbonyl (C=O) groups excluding carboxylic acids is 2. The van der Waals surface area contributed by atoms with E-state index in [0.717, 1.165) is 12.0 Å². The summed E-state index contributed by atoms with van der Waals surface area (Å²) in [6.45, 7) is 1.74. The number of nitrogens with one attached hydrogen (secondary N) is 5. The number of primary amides is 1. The minimum absolute atomic E-state index is 0.231. The molecule has 0 radical (unpaired) electrons. The average Bonchev–Trinajstić information content (AvgIpc) is 2.80. The highest BCUT2D eigenvalue weighted by atomic mass is 19.2. The molecule has 0 atom stereocenters. The third-order valence-corrected chi connectivity index (χ3v) is 4.71. The quantitative estimate of drug-likeness (QED) is 0.201. The van der Waals surface area contributed by atoms with Crippen molar-refractivity contribution < 1.29 is 22.8 Å². The first-order valence-corrected chi connectivity index (χ1v) is 10.4. The van der Waals surface area contributed by atoms with Gasteiger partial charge in [-0.2, -0.15) is 4.98 Å². The second-order valence-electron chi connectivity index (χ2n) is 7.31. The van der Waals surface area contributed by atoms with Gasteiger partial charge < -0.3 is 26.7 Å². The summed E-state index contributed by atoms with van der Waals surface area (Å²) in [5.74, 6) is -4.13. The lowest BCUT2D eigenvalue weighted by Crippen LogP contribution is -2.31. The number of carbonyl (C=O) groups is 2. The fraction of sp³-hybridized carbons (Fsp3) is 0.182. The van der Waals surface area contributed by atoms with E-state index in [2.05, 4.69) is 25.9 Å². The van der Waals surface area contributed by atoms with Crippen molar-refractivity contribution in [2.24, 2.45) is 5.73 Å². The zero-order valence-corrected chi connectivity index (χ0v) is 18.3. The van der Waals surface area contributed by atoms with Crippen LogP contribution in [0.3, 0.4) is 0 Å². The molecule has 10 nitrogen and oxygen atoms in total. The van der Waals surface area contributed by atoms with Gasteiger partial charge in [-0.25, -0.2) is 22.8 Å². The number of aromatic amines is 1. The van der Waals surface area contributed by atoms with Gasteiger partial charge in [0.25, 0.3) is 5.56 Å². The molecule has 0 unspecified atom stereocenters. The average molecular weight is 489 g/mol. The predicted molar refractivity (Wildman–Crippen MR) is 123 cm³/mol. The topological polar surface area (TPSA) is 154 Å². The second kappa shape index (κ2) is 11.7. The Kier molecular flexibility index (Phi) is 8.40. The summed E-state index contributed by atoms with van der Waals surface area (Å²) >= 11 is 0. The van der Waals surface area contributed by atoms with Crippen LogP contribution >= 0.6 is 0 Å². The lowest BCUT2D eigenvalue weighted by atomic mass is 10.1. The van der Waals surface area contributed by atoms with E-state index in [9.17, 15) is 27.6 Å². The number of hydrogen-bond donors (Lipinski definition) is 6. The Morgan fingerprint density at radius 1 is 0.971 bits per heavy atom. The van der Waals surface area contributed by atoms with Crippen molar-refractivity contribution in [3.8, 4) is 11.1 Å². The number of urea groups is 2. The van der Waals surface area contributed by atoms with Crippen molar-refractivity contribution in [3.63, 3.8) is 0 Å². The molecule has 0 aliphatic heterocycles. The first-order valence-electron chi connectivity index (χ1n) is 10.4. The molecular weight excluding hydrogens is 467 g/mol. The van der Waals surface area contributed by atoms with Crippen molar-refractivity contribution >= 4 is 23.7 Å². The highest BCUT2D eigenvalue weighted by Gasteiger charge is 2.14. The summed E-state index contributed by atoms with van der Waals surface area (Å²) in [5.41, 5.74) is 5.58. The number of H-pyrrole nitrogens is 1. The number of nitrogens with two attached hydrogens (primary N) is 1. The number of anilines is 2. The number of aromatic nitrogens is 2. The standard InChI is InChI=1S/C22H22F3N7O3/c23-15-8-17(25)18(9-16(15)24)30-22(35)32-21-29-11-14(19(33)31-21)13-4-2-12(3-5-13)10-27-6-1-7-28-20(26)34/h2-5,8-9,11,27H,1,6-7,10H2,(H3,26,28,34)(H3,29,30,31,32,33,35). The van der Waals surface area contributed by atoms with Gasteiger partial charge in [0.1, 0.15) is 5.82 Å². The molecule has 13 heteroatoms. The molecule has 0 saturated heterocycles. The summed E-state index contributed by atoms with van der Waals surface area (Å²) < 4.78 is 39.9. The number of benzene rings is 2. The van der Waals surface area contributed by atoms with Gasteiger partial charge in [0, 0.05) is 31.4 Å². The van der Waals surface area contributed by atoms with E-state index in [1.54, 1.807) is 12.1 Å². The van der Waals surface area contributed by atoms with Crippen LogP contribution in [0.4, 0.5) is 34.4 Å². The van der Waals surface area contributed by atoms with E-state index in [0.29, 0.717) is 37.3 Å². The number of hydrogen-bond acceptors (Lipinski definition) is 5. The monoisotopic (exact) mass is 489 g/mol. The first kappa shape index (κ1) is 25.2. The van der Waals surface area contributed by atoms with Gasteiger partial charge in [-0.1, -0.05) is 24.3 Å². The van der Waals surface area contributed by atoms with Crippen LogP contribution in [0.1, 0.15) is 12.0 Å². The van der Waals surface area contributed by atoms with E-state index in [1.165, 1.54) is 6.20 Å². The Morgan fingerprint density at radius 3 is 2.37 bits per heavy atom. The van der Waals surface area contributed by atoms with Crippen LogP contribution in [0.15, 0.2) is 47.4 Å². The number of halogens is 3. The third-order valence-electron chi connectivity index (χ3n) is 4.71. The van der Waals surface area contributed by atoms with Crippen LogP contribution in [-0.2, 0) is 6.54 Å². The molecule has 0 aliphatic carbocycles. The van der Waals surface area contributed by atoms with Crippen molar-refractivity contribution in [1.82, 2.24) is 20.6 Å². The lowest BCUT2D eigenvalue weighted by Gasteiger charge is -2.09. The number of nitrogens with zero attached hydrogens (tertiary/aromatic N) is 1. The Balaban J connectivity index is 1.56. The number of amides is 4. The molecule has 2 aromatic carbocycles. The Morgan fingerprint density at radius 2 is 1.69 bits per heavy atom. The van der Waals surface area contributed by atoms with Gasteiger partial charge in [0.05, 0.1) is 11.3 Å². The van der Waals surface area contributed by atoms with E-state index < -0.39 is 40.8 Å². The molecule has 4 amide bonds. The second-order valence-corrected chi connectivity index (χ2v) is 7.31. The van der Waals surface area contributed by atoms with Gasteiger partial charge in [0.15, 0.2) is 11.6 Å². The zero-order valence-electron chi connectivity index (χ0n) is 18.3. The number of rotatable bonds is 9. The molecule has 7 N–H and O–H groups in total. The molecule has 3 aromatic rings. The zero-order chi connectivity index (χ0) is 25.4. The molecule has 0 fully saturated rings. The minimum Gasteiger partial charge on any atom is -0.352 e. The molecule has 3 rings (SSSR count). The summed E-state index contributed by atoms with van der Waals surface area (Å²) in [6.07, 6.45) is 2.07. The Labute approximate surface area is 197 Å². The van der Waals surface area contributed by atoms with Gasteiger partial charge in [-0.15, -0.1) is 0 Å². The predicted octanol–water partition coefficient (Wildman–Crippen LogP) is 2.65. The molecule has 0 spiro atoms. The summed E-state index contributed by atoms with van der Waals surface area (Å²) in [7, 11) is 0. The van der Waals surface area contributed by atoms with Gasteiger partial charge in [-0.3, -0.25) is 10.1 Å². The van der Waals surface area contributed by atoms with Crippen LogP contribution in [0.5, 0.6) is 0 Å². The highest BCUT2D eigenvalue weighted by Crippen LogP contribution is 2.19. The van der Waals surface area contributed by atoms with Crippen LogP contribution in [-0.4, -0.2) is 35.1 Å². The molecule has 184 valence electrons. The van der Waals surface area contributed by atoms with Crippen molar-refractivity contribution in [2.45, 2.75) is 13.0 Å². The molecular formula is C22H22F3N7O3. The van der Waals surface area contributed by atoms with Crippen LogP contribution in [0.25, 0.3) is 11.1 Å². The largest absolute Gasteiger partial charge is 0.352 e. The van der Waals surface area contributed by atoms with Gasteiger partial charge >= 0.3 is 12.1 Å². The van der Waals surface area contributed by atoms with Crippen molar-refractivity contribution in [1.29, 1.82) is 0 Å². The normalized spacial score (nSPS) is 10.6. The summed E-state index contributed by atoms with van der Waals surface area (Å²) in [5, 5.41) is 9.91. The minimum atomic E-state index is -1.39. The molecule has 0 saturated carbocycles. The molecule has 1 heterocycles. The first-order chi connectivity index (χ1) is 16.7.